The molecule has 2 aliphatic rings. The molecule has 0 unspecified atom stereocenters. The molecule has 4 nitrogen and oxygen atoms in total. The number of aromatic nitrogens is 4. The molecule has 8 rings (SSSR count). The number of H-pyrrole nitrogens is 2. The second-order valence-electron chi connectivity index (χ2n) is 13.2. The van der Waals surface area contributed by atoms with E-state index in [2.05, 4.69) is 169 Å². The van der Waals surface area contributed by atoms with Crippen LogP contribution in [-0.2, 0) is 12.1 Å². The molecule has 47 heavy (non-hydrogen) atoms. The lowest BCUT2D eigenvalue weighted by Gasteiger charge is -2.23. The highest BCUT2D eigenvalue weighted by Crippen LogP contribution is 2.34. The summed E-state index contributed by atoms with van der Waals surface area (Å²) >= 11 is 0. The first-order valence-electron chi connectivity index (χ1n) is 16.3. The first-order valence-corrected chi connectivity index (χ1v) is 19.7. The number of fused-ring (bicyclic) bond motifs is 8. The SMILES string of the molecule is C[Si](C)(Cc1ccccc1)Cc1c2nc(c(-c3ccccc3)c3ccc(cc4ccc([nH]4)c(-c4ccccc4)c4nc1C=C4)[nH]3)C=C2. The van der Waals surface area contributed by atoms with E-state index in [0.717, 1.165) is 79.2 Å². The van der Waals surface area contributed by atoms with Crippen molar-refractivity contribution in [1.82, 2.24) is 19.9 Å². The molecule has 3 aromatic carbocycles. The Hall–Kier alpha value is -5.52. The zero-order valence-electron chi connectivity index (χ0n) is 26.7. The summed E-state index contributed by atoms with van der Waals surface area (Å²) in [5.74, 6) is 0. The van der Waals surface area contributed by atoms with Gasteiger partial charge in [-0.2, -0.15) is 0 Å². The van der Waals surface area contributed by atoms with Gasteiger partial charge >= 0.3 is 0 Å². The first-order chi connectivity index (χ1) is 23.0. The van der Waals surface area contributed by atoms with Crippen LogP contribution in [0.4, 0.5) is 0 Å². The predicted molar refractivity (Wildman–Crippen MR) is 201 cm³/mol. The van der Waals surface area contributed by atoms with Crippen molar-refractivity contribution in [3.05, 3.63) is 155 Å². The third-order valence-electron chi connectivity index (χ3n) is 8.98. The van der Waals surface area contributed by atoms with E-state index in [1.807, 2.05) is 0 Å². The second-order valence-corrected chi connectivity index (χ2v) is 18.2. The van der Waals surface area contributed by atoms with E-state index in [0.29, 0.717) is 0 Å². The van der Waals surface area contributed by atoms with Crippen molar-refractivity contribution >= 4 is 54.4 Å². The van der Waals surface area contributed by atoms with Crippen LogP contribution in [0, 0.1) is 0 Å². The lowest BCUT2D eigenvalue weighted by atomic mass is 10.0. The molecule has 2 aliphatic heterocycles. The van der Waals surface area contributed by atoms with E-state index in [1.165, 1.54) is 11.1 Å². The monoisotopic (exact) mass is 624 g/mol. The fourth-order valence-electron chi connectivity index (χ4n) is 6.88. The average molecular weight is 625 g/mol. The van der Waals surface area contributed by atoms with Crippen LogP contribution < -0.4 is 0 Å². The Morgan fingerprint density at radius 3 is 1.43 bits per heavy atom. The lowest BCUT2D eigenvalue weighted by molar-refractivity contribution is 1.14. The van der Waals surface area contributed by atoms with Gasteiger partial charge in [0, 0.05) is 38.8 Å². The van der Waals surface area contributed by atoms with Crippen LogP contribution in [0.15, 0.2) is 121 Å². The van der Waals surface area contributed by atoms with Crippen molar-refractivity contribution in [1.29, 1.82) is 0 Å². The molecule has 0 spiro atoms. The van der Waals surface area contributed by atoms with E-state index in [9.17, 15) is 0 Å². The molecule has 0 aliphatic carbocycles. The highest BCUT2D eigenvalue weighted by atomic mass is 28.3. The molecule has 0 amide bonds. The summed E-state index contributed by atoms with van der Waals surface area (Å²) in [7, 11) is -1.79. The Balaban J connectivity index is 1.44. The maximum Gasteiger partial charge on any atom is 0.0737 e. The third kappa shape index (κ3) is 5.94. The van der Waals surface area contributed by atoms with Gasteiger partial charge in [-0.15, -0.1) is 0 Å². The highest BCUT2D eigenvalue weighted by Gasteiger charge is 2.26. The van der Waals surface area contributed by atoms with Crippen molar-refractivity contribution in [2.75, 3.05) is 0 Å². The van der Waals surface area contributed by atoms with Gasteiger partial charge in [0.15, 0.2) is 0 Å². The molecule has 2 N–H and O–H groups in total. The molecular formula is C42H36N4Si. The minimum Gasteiger partial charge on any atom is -0.355 e. The van der Waals surface area contributed by atoms with Crippen molar-refractivity contribution in [2.45, 2.75) is 25.2 Å². The topological polar surface area (TPSA) is 57.4 Å². The number of aromatic amines is 2. The summed E-state index contributed by atoms with van der Waals surface area (Å²) in [4.78, 5) is 18.2. The Morgan fingerprint density at radius 2 is 0.936 bits per heavy atom. The minimum absolute atomic E-state index is 0.956. The quantitative estimate of drug-likeness (QED) is 0.181. The van der Waals surface area contributed by atoms with Crippen LogP contribution in [0.2, 0.25) is 13.1 Å². The van der Waals surface area contributed by atoms with E-state index >= 15 is 0 Å². The summed E-state index contributed by atoms with van der Waals surface area (Å²) in [6, 6.07) is 44.9. The van der Waals surface area contributed by atoms with E-state index in [-0.39, 0.29) is 0 Å². The predicted octanol–water partition coefficient (Wildman–Crippen LogP) is 10.6. The van der Waals surface area contributed by atoms with Gasteiger partial charge in [-0.1, -0.05) is 110 Å². The van der Waals surface area contributed by atoms with Gasteiger partial charge in [-0.25, -0.2) is 9.97 Å². The third-order valence-corrected chi connectivity index (χ3v) is 11.7. The van der Waals surface area contributed by atoms with Gasteiger partial charge in [0.2, 0.25) is 0 Å². The van der Waals surface area contributed by atoms with Crippen molar-refractivity contribution in [2.24, 2.45) is 0 Å². The van der Waals surface area contributed by atoms with Crippen molar-refractivity contribution in [3.8, 4) is 22.3 Å². The molecule has 8 bridgehead atoms. The molecule has 3 aromatic heterocycles. The number of benzene rings is 3. The molecule has 228 valence electrons. The Kier molecular flexibility index (Phi) is 7.39. The van der Waals surface area contributed by atoms with Crippen molar-refractivity contribution < 1.29 is 0 Å². The van der Waals surface area contributed by atoms with Gasteiger partial charge in [0.25, 0.3) is 0 Å². The van der Waals surface area contributed by atoms with Gasteiger partial charge < -0.3 is 9.97 Å². The maximum absolute atomic E-state index is 5.39. The fourth-order valence-corrected chi connectivity index (χ4v) is 9.67. The van der Waals surface area contributed by atoms with E-state index < -0.39 is 8.07 Å². The van der Waals surface area contributed by atoms with Crippen molar-refractivity contribution in [3.63, 3.8) is 0 Å². The number of nitrogens with zero attached hydrogens (tertiary/aromatic N) is 2. The zero-order chi connectivity index (χ0) is 31.8. The summed E-state index contributed by atoms with van der Waals surface area (Å²) < 4.78 is 0. The molecule has 0 saturated carbocycles. The van der Waals surface area contributed by atoms with Crippen LogP contribution in [0.3, 0.4) is 0 Å². The van der Waals surface area contributed by atoms with Gasteiger partial charge in [-0.05, 0) is 77.9 Å². The second kappa shape index (κ2) is 12.0. The Morgan fingerprint density at radius 1 is 0.489 bits per heavy atom. The summed E-state index contributed by atoms with van der Waals surface area (Å²) in [5.41, 5.74) is 15.1. The first kappa shape index (κ1) is 28.9. The van der Waals surface area contributed by atoms with E-state index in [1.54, 1.807) is 0 Å². The standard InChI is InChI=1S/C42H36N4Si/c1-47(2,27-29-12-6-3-7-13-29)28-34-35-22-24-39(45-35)41(30-14-8-4-9-15-30)37-20-18-32(43-37)26-33-19-21-38(44-33)42(31-16-10-5-11-17-31)40-25-23-36(34)46-40/h3-26,43-44H,27-28H2,1-2H3. The normalized spacial score (nSPS) is 12.5. The largest absolute Gasteiger partial charge is 0.355 e. The molecule has 5 heterocycles. The van der Waals surface area contributed by atoms with Gasteiger partial charge in [0.1, 0.15) is 0 Å². The Labute approximate surface area is 276 Å². The summed E-state index contributed by atoms with van der Waals surface area (Å²) in [6.45, 7) is 4.97. The zero-order valence-corrected chi connectivity index (χ0v) is 27.7. The minimum atomic E-state index is -1.79. The fraction of sp³-hybridized carbons (Fsp3) is 0.0952. The highest BCUT2D eigenvalue weighted by molar-refractivity contribution is 6.76. The van der Waals surface area contributed by atoms with Crippen LogP contribution in [-0.4, -0.2) is 28.0 Å². The molecule has 0 saturated heterocycles. The Bertz CT molecular complexity index is 2180. The molecule has 0 fully saturated rings. The van der Waals surface area contributed by atoms with Crippen LogP contribution in [0.25, 0.3) is 68.6 Å². The van der Waals surface area contributed by atoms with Crippen LogP contribution in [0.1, 0.15) is 33.9 Å². The number of hydrogen-bond acceptors (Lipinski definition) is 2. The summed E-state index contributed by atoms with van der Waals surface area (Å²) in [6.07, 6.45) is 8.74. The lowest BCUT2D eigenvalue weighted by Crippen LogP contribution is -2.33. The molecular weight excluding hydrogens is 589 g/mol. The smallest absolute Gasteiger partial charge is 0.0737 e. The number of rotatable bonds is 6. The maximum atomic E-state index is 5.39. The molecule has 0 radical (unpaired) electrons. The number of hydrogen-bond donors (Lipinski definition) is 2. The van der Waals surface area contributed by atoms with Crippen LogP contribution >= 0.6 is 0 Å². The molecule has 0 atom stereocenters. The van der Waals surface area contributed by atoms with E-state index in [4.69, 9.17) is 9.97 Å². The molecule has 5 heteroatoms. The van der Waals surface area contributed by atoms with Gasteiger partial charge in [-0.3, -0.25) is 0 Å². The number of nitrogens with one attached hydrogen (secondary N) is 2. The molecule has 6 aromatic rings. The summed E-state index contributed by atoms with van der Waals surface area (Å²) in [5, 5.41) is 0. The van der Waals surface area contributed by atoms with Gasteiger partial charge in [0.05, 0.1) is 30.8 Å². The van der Waals surface area contributed by atoms with Crippen LogP contribution in [0.5, 0.6) is 0 Å². The average Bonchev–Trinajstić information content (AvgIpc) is 3.91.